The molecule has 0 saturated carbocycles. The van der Waals surface area contributed by atoms with Crippen LogP contribution in [0.4, 0.5) is 10.1 Å². The molecule has 0 fully saturated rings. The van der Waals surface area contributed by atoms with Gasteiger partial charge in [0.1, 0.15) is 0 Å². The first-order valence-corrected chi connectivity index (χ1v) is 14.3. The number of fused-ring (bicyclic) bond motifs is 2. The number of aryl methyl sites for hydroxylation is 2. The van der Waals surface area contributed by atoms with Crippen molar-refractivity contribution in [1.29, 1.82) is 0 Å². The minimum atomic E-state index is -1.30. The molecule has 8 heteroatoms. The standard InChI is InChI=1S/C33H35ClFNO5/c1-17-9-10-20(15-24(17)34)31(37)36-12-11-22-26(36)14-18(2)27(30(32(38)39)41-33(4,5)6)28(22)23-16-25(35)29-21(19(23)3)8-7-13-40-29/h9-10,14-16,30H,7-8,11-13H2,1-6H3,(H,38,39). The Hall–Kier alpha value is -3.42. The number of hydrogen-bond acceptors (Lipinski definition) is 4. The molecule has 0 saturated heterocycles. The van der Waals surface area contributed by atoms with Gasteiger partial charge in [-0.1, -0.05) is 17.7 Å². The lowest BCUT2D eigenvalue weighted by atomic mass is 9.83. The van der Waals surface area contributed by atoms with Crippen LogP contribution in [0.1, 0.15) is 77.0 Å². The zero-order valence-electron chi connectivity index (χ0n) is 24.3. The van der Waals surface area contributed by atoms with Crippen LogP contribution >= 0.6 is 11.6 Å². The molecule has 0 aliphatic carbocycles. The molecule has 6 nitrogen and oxygen atoms in total. The van der Waals surface area contributed by atoms with Crippen LogP contribution in [0.25, 0.3) is 11.1 Å². The molecule has 2 aliphatic rings. The number of carbonyl (C=O) groups is 2. The molecule has 0 radical (unpaired) electrons. The summed E-state index contributed by atoms with van der Waals surface area (Å²) in [5.41, 5.74) is 5.99. The first-order chi connectivity index (χ1) is 19.3. The Balaban J connectivity index is 1.77. The number of carbonyl (C=O) groups excluding carboxylic acids is 1. The van der Waals surface area contributed by atoms with Gasteiger partial charge in [-0.25, -0.2) is 9.18 Å². The molecule has 216 valence electrons. The molecule has 0 spiro atoms. The van der Waals surface area contributed by atoms with Crippen molar-refractivity contribution in [3.63, 3.8) is 0 Å². The number of carboxylic acid groups (broad SMARTS) is 1. The molecule has 1 atom stereocenters. The smallest absolute Gasteiger partial charge is 0.337 e. The summed E-state index contributed by atoms with van der Waals surface area (Å²) in [6, 6.07) is 8.53. The third-order valence-corrected chi connectivity index (χ3v) is 8.27. The summed E-state index contributed by atoms with van der Waals surface area (Å²) in [6.07, 6.45) is 0.599. The van der Waals surface area contributed by atoms with E-state index in [-0.39, 0.29) is 11.7 Å². The van der Waals surface area contributed by atoms with Crippen LogP contribution in [-0.4, -0.2) is 35.7 Å². The lowest BCUT2D eigenvalue weighted by Gasteiger charge is -2.30. The van der Waals surface area contributed by atoms with Gasteiger partial charge in [-0.15, -0.1) is 0 Å². The number of anilines is 1. The summed E-state index contributed by atoms with van der Waals surface area (Å²) < 4.78 is 27.4. The van der Waals surface area contributed by atoms with Crippen LogP contribution in [0.15, 0.2) is 30.3 Å². The zero-order chi connectivity index (χ0) is 29.8. The van der Waals surface area contributed by atoms with Gasteiger partial charge in [-0.3, -0.25) is 4.79 Å². The second-order valence-corrected chi connectivity index (χ2v) is 12.3. The molecule has 1 unspecified atom stereocenters. The van der Waals surface area contributed by atoms with Gasteiger partial charge >= 0.3 is 5.97 Å². The maximum atomic E-state index is 15.6. The number of carboxylic acids is 1. The monoisotopic (exact) mass is 579 g/mol. The van der Waals surface area contributed by atoms with Crippen LogP contribution in [0.5, 0.6) is 5.75 Å². The molecular weight excluding hydrogens is 545 g/mol. The van der Waals surface area contributed by atoms with Crippen molar-refractivity contribution in [3.05, 3.63) is 80.1 Å². The van der Waals surface area contributed by atoms with Gasteiger partial charge < -0.3 is 19.5 Å². The number of nitrogens with zero attached hydrogens (tertiary/aromatic N) is 1. The van der Waals surface area contributed by atoms with Gasteiger partial charge in [0, 0.05) is 33.9 Å². The highest BCUT2D eigenvalue weighted by Gasteiger charge is 2.37. The lowest BCUT2D eigenvalue weighted by Crippen LogP contribution is -2.29. The molecule has 1 amide bonds. The maximum Gasteiger partial charge on any atom is 0.337 e. The van der Waals surface area contributed by atoms with Gasteiger partial charge in [0.25, 0.3) is 5.91 Å². The lowest BCUT2D eigenvalue weighted by molar-refractivity contribution is -0.160. The molecule has 2 aliphatic heterocycles. The second-order valence-electron chi connectivity index (χ2n) is 11.9. The average molecular weight is 580 g/mol. The van der Waals surface area contributed by atoms with Crippen molar-refractivity contribution >= 4 is 29.2 Å². The molecule has 3 aromatic carbocycles. The third-order valence-electron chi connectivity index (χ3n) is 7.86. The highest BCUT2D eigenvalue weighted by molar-refractivity contribution is 6.31. The summed E-state index contributed by atoms with van der Waals surface area (Å²) in [6.45, 7) is 11.9. The van der Waals surface area contributed by atoms with E-state index in [1.54, 1.807) is 37.8 Å². The SMILES string of the molecule is Cc1ccc(C(=O)N2CCc3c2cc(C)c(C(OC(C)(C)C)C(=O)O)c3-c2cc(F)c3c(c2C)CCCO3)cc1Cl. The number of aliphatic carboxylic acids is 1. The first-order valence-electron chi connectivity index (χ1n) is 13.9. The Morgan fingerprint density at radius 2 is 1.80 bits per heavy atom. The highest BCUT2D eigenvalue weighted by atomic mass is 35.5. The number of halogens is 2. The van der Waals surface area contributed by atoms with E-state index in [0.717, 1.165) is 28.7 Å². The highest BCUT2D eigenvalue weighted by Crippen LogP contribution is 2.48. The molecule has 1 N–H and O–H groups in total. The van der Waals surface area contributed by atoms with Crippen molar-refractivity contribution in [2.24, 2.45) is 0 Å². The number of benzene rings is 3. The van der Waals surface area contributed by atoms with E-state index >= 15 is 4.39 Å². The Bertz CT molecular complexity index is 1580. The Morgan fingerprint density at radius 3 is 2.46 bits per heavy atom. The average Bonchev–Trinajstić information content (AvgIpc) is 3.32. The topological polar surface area (TPSA) is 76.1 Å². The summed E-state index contributed by atoms with van der Waals surface area (Å²) in [7, 11) is 0. The predicted molar refractivity (Wildman–Crippen MR) is 158 cm³/mol. The number of rotatable bonds is 5. The fourth-order valence-corrected chi connectivity index (χ4v) is 6.12. The van der Waals surface area contributed by atoms with E-state index in [4.69, 9.17) is 21.1 Å². The van der Waals surface area contributed by atoms with Crippen molar-refractivity contribution < 1.29 is 28.6 Å². The molecule has 5 rings (SSSR count). The van der Waals surface area contributed by atoms with Crippen molar-refractivity contribution in [2.45, 2.75) is 72.5 Å². The molecule has 0 bridgehead atoms. The Morgan fingerprint density at radius 1 is 1.07 bits per heavy atom. The third kappa shape index (κ3) is 5.33. The minimum absolute atomic E-state index is 0.203. The Kier molecular flexibility index (Phi) is 7.64. The van der Waals surface area contributed by atoms with Crippen LogP contribution in [-0.2, 0) is 22.4 Å². The second kappa shape index (κ2) is 10.8. The zero-order valence-corrected chi connectivity index (χ0v) is 25.0. The largest absolute Gasteiger partial charge is 0.490 e. The van der Waals surface area contributed by atoms with Crippen LogP contribution in [0.2, 0.25) is 5.02 Å². The van der Waals surface area contributed by atoms with Crippen LogP contribution in [0, 0.1) is 26.6 Å². The summed E-state index contributed by atoms with van der Waals surface area (Å²) in [5, 5.41) is 10.9. The molecule has 0 aromatic heterocycles. The summed E-state index contributed by atoms with van der Waals surface area (Å²) in [4.78, 5) is 28.1. The van der Waals surface area contributed by atoms with Gasteiger partial charge in [-0.05, 0) is 118 Å². The fraction of sp³-hybridized carbons (Fsp3) is 0.394. The number of amides is 1. The van der Waals surface area contributed by atoms with E-state index in [2.05, 4.69) is 0 Å². The van der Waals surface area contributed by atoms with Gasteiger partial charge in [0.2, 0.25) is 0 Å². The summed E-state index contributed by atoms with van der Waals surface area (Å²) in [5.74, 6) is -1.56. The van der Waals surface area contributed by atoms with Crippen molar-refractivity contribution in [3.8, 4) is 16.9 Å². The van der Waals surface area contributed by atoms with Gasteiger partial charge in [0.05, 0.1) is 12.2 Å². The molecule has 41 heavy (non-hydrogen) atoms. The Labute approximate surface area is 245 Å². The minimum Gasteiger partial charge on any atom is -0.490 e. The van der Waals surface area contributed by atoms with Gasteiger partial charge in [-0.2, -0.15) is 0 Å². The normalized spacial score (nSPS) is 15.3. The van der Waals surface area contributed by atoms with E-state index in [0.29, 0.717) is 64.5 Å². The van der Waals surface area contributed by atoms with E-state index in [1.165, 1.54) is 6.07 Å². The van der Waals surface area contributed by atoms with E-state index < -0.39 is 23.5 Å². The number of ether oxygens (including phenoxy) is 2. The number of hydrogen-bond donors (Lipinski definition) is 1. The molecule has 3 aromatic rings. The first kappa shape index (κ1) is 29.1. The van der Waals surface area contributed by atoms with Gasteiger partial charge in [0.15, 0.2) is 17.7 Å². The molecule has 2 heterocycles. The van der Waals surface area contributed by atoms with Crippen LogP contribution < -0.4 is 9.64 Å². The maximum absolute atomic E-state index is 15.6. The predicted octanol–water partition coefficient (Wildman–Crippen LogP) is 7.54. The fourth-order valence-electron chi connectivity index (χ4n) is 5.94. The quantitative estimate of drug-likeness (QED) is 0.338. The molecular formula is C33H35ClFNO5. The van der Waals surface area contributed by atoms with Crippen molar-refractivity contribution in [2.75, 3.05) is 18.1 Å². The summed E-state index contributed by atoms with van der Waals surface area (Å²) >= 11 is 6.34. The van der Waals surface area contributed by atoms with Crippen LogP contribution in [0.3, 0.4) is 0 Å². The van der Waals surface area contributed by atoms with Crippen molar-refractivity contribution in [1.82, 2.24) is 0 Å². The van der Waals surface area contributed by atoms with E-state index in [9.17, 15) is 14.7 Å². The van der Waals surface area contributed by atoms with E-state index in [1.807, 2.05) is 32.9 Å².